The lowest BCUT2D eigenvalue weighted by Gasteiger charge is -2.32. The topological polar surface area (TPSA) is 38.8 Å². The van der Waals surface area contributed by atoms with Crippen molar-refractivity contribution in [2.45, 2.75) is 32.2 Å². The second-order valence-corrected chi connectivity index (χ2v) is 7.48. The third-order valence-electron chi connectivity index (χ3n) is 5.67. The van der Waals surface area contributed by atoms with Gasteiger partial charge in [-0.1, -0.05) is 30.3 Å². The molecule has 4 heteroatoms. The van der Waals surface area contributed by atoms with Crippen LogP contribution in [0, 0.1) is 11.8 Å². The van der Waals surface area contributed by atoms with Crippen LogP contribution in [-0.2, 0) is 13.0 Å². The molecular weight excluding hydrogens is 350 g/mol. The minimum absolute atomic E-state index is 0.0802. The lowest BCUT2D eigenvalue weighted by atomic mass is 9.85. The largest absolute Gasteiger partial charge is 0.493 e. The Morgan fingerprint density at radius 3 is 2.54 bits per heavy atom. The van der Waals surface area contributed by atoms with Crippen molar-refractivity contribution >= 4 is 5.78 Å². The summed E-state index contributed by atoms with van der Waals surface area (Å²) in [6.45, 7) is 2.24. The number of ketones is 1. The molecule has 1 saturated heterocycles. The number of carbonyl (C=O) groups is 1. The number of piperidine rings is 1. The molecule has 0 bridgehead atoms. The molecule has 28 heavy (non-hydrogen) atoms. The Bertz CT molecular complexity index is 1090. The fourth-order valence-electron chi connectivity index (χ4n) is 4.18. The van der Waals surface area contributed by atoms with Gasteiger partial charge in [0.05, 0.1) is 22.3 Å². The second kappa shape index (κ2) is 8.36. The molecule has 1 unspecified atom stereocenters. The Balaban J connectivity index is 1.50. The molecule has 4 nitrogen and oxygen atoms in total. The first-order valence-electron chi connectivity index (χ1n) is 13.6. The van der Waals surface area contributed by atoms with Gasteiger partial charge in [0.15, 0.2) is 17.3 Å². The predicted molar refractivity (Wildman–Crippen MR) is 110 cm³/mol. The van der Waals surface area contributed by atoms with E-state index in [9.17, 15) is 4.79 Å². The first-order valence-corrected chi connectivity index (χ1v) is 9.58. The molecule has 4 rings (SSSR count). The van der Waals surface area contributed by atoms with Crippen molar-refractivity contribution in [3.63, 3.8) is 0 Å². The number of hydrogen-bond donors (Lipinski definition) is 0. The van der Waals surface area contributed by atoms with E-state index < -0.39 is 32.1 Å². The monoisotopic (exact) mass is 387 g/mol. The minimum Gasteiger partial charge on any atom is -0.493 e. The summed E-state index contributed by atoms with van der Waals surface area (Å²) in [7, 11) is -5.74. The van der Waals surface area contributed by atoms with E-state index in [-0.39, 0.29) is 29.4 Å². The number of hydrogen-bond acceptors (Lipinski definition) is 4. The summed E-state index contributed by atoms with van der Waals surface area (Å²) in [5, 5.41) is 0. The molecule has 0 N–H and O–H groups in total. The summed E-state index contributed by atoms with van der Waals surface area (Å²) in [6.07, 6.45) is -0.483. The predicted octanol–water partition coefficient (Wildman–Crippen LogP) is 4.36. The van der Waals surface area contributed by atoms with E-state index in [0.717, 1.165) is 19.6 Å². The van der Waals surface area contributed by atoms with Crippen LogP contribution < -0.4 is 9.47 Å². The SMILES string of the molecule is [2H]C([2H])([2H])Oc1cc2c(cc1OC([2H])([2H])[2H])C(=O)C(C([2H])([2H])C1CCN(Cc3ccccc3)CC1)C2. The van der Waals surface area contributed by atoms with Crippen LogP contribution in [0.5, 0.6) is 11.5 Å². The molecule has 1 atom stereocenters. The Kier molecular flexibility index (Phi) is 3.47. The smallest absolute Gasteiger partial charge is 0.166 e. The molecule has 2 aliphatic rings. The fraction of sp³-hybridized carbons (Fsp3) is 0.458. The molecule has 1 aliphatic heterocycles. The van der Waals surface area contributed by atoms with Crippen molar-refractivity contribution in [3.05, 3.63) is 59.2 Å². The molecule has 0 saturated carbocycles. The molecule has 0 spiro atoms. The lowest BCUT2D eigenvalue weighted by Crippen LogP contribution is -2.34. The first kappa shape index (κ1) is 11.6. The van der Waals surface area contributed by atoms with E-state index in [4.69, 9.17) is 20.4 Å². The van der Waals surface area contributed by atoms with E-state index in [0.29, 0.717) is 18.4 Å². The Labute approximate surface area is 178 Å². The van der Waals surface area contributed by atoms with Crippen molar-refractivity contribution in [1.82, 2.24) is 4.90 Å². The van der Waals surface area contributed by atoms with Crippen LogP contribution in [0.15, 0.2) is 42.5 Å². The average molecular weight is 388 g/mol. The Morgan fingerprint density at radius 1 is 1.11 bits per heavy atom. The van der Waals surface area contributed by atoms with Crippen LogP contribution in [0.25, 0.3) is 0 Å². The molecule has 1 heterocycles. The molecule has 2 aromatic rings. The van der Waals surface area contributed by atoms with Crippen molar-refractivity contribution in [3.8, 4) is 11.5 Å². The first-order chi connectivity index (χ1) is 16.7. The van der Waals surface area contributed by atoms with Crippen LogP contribution in [-0.4, -0.2) is 37.8 Å². The number of fused-ring (bicyclic) bond motifs is 1. The highest BCUT2D eigenvalue weighted by molar-refractivity contribution is 6.02. The third kappa shape index (κ3) is 3.93. The van der Waals surface area contributed by atoms with Gasteiger partial charge in [-0.25, -0.2) is 0 Å². The van der Waals surface area contributed by atoms with Gasteiger partial charge in [-0.2, -0.15) is 0 Å². The molecule has 148 valence electrons. The maximum Gasteiger partial charge on any atom is 0.166 e. The third-order valence-corrected chi connectivity index (χ3v) is 5.67. The number of Topliss-reactive ketones (excluding diaryl/α,β-unsaturated/α-hetero) is 1. The van der Waals surface area contributed by atoms with Crippen LogP contribution in [0.4, 0.5) is 0 Å². The van der Waals surface area contributed by atoms with Gasteiger partial charge < -0.3 is 9.47 Å². The molecule has 0 amide bonds. The van der Waals surface area contributed by atoms with E-state index in [1.54, 1.807) is 0 Å². The van der Waals surface area contributed by atoms with Gasteiger partial charge in [-0.3, -0.25) is 9.69 Å². The van der Waals surface area contributed by atoms with Gasteiger partial charge in [-0.05, 0) is 67.9 Å². The van der Waals surface area contributed by atoms with Crippen molar-refractivity contribution in [2.75, 3.05) is 27.2 Å². The van der Waals surface area contributed by atoms with Gasteiger partial charge in [0, 0.05) is 20.8 Å². The fourth-order valence-corrected chi connectivity index (χ4v) is 4.18. The molecular formula is C24H29NO3. The van der Waals surface area contributed by atoms with Crippen LogP contribution in [0.3, 0.4) is 0 Å². The number of nitrogens with zero attached hydrogens (tertiary/aromatic N) is 1. The molecule has 1 fully saturated rings. The zero-order chi connectivity index (χ0) is 26.3. The van der Waals surface area contributed by atoms with E-state index in [2.05, 4.69) is 17.0 Å². The lowest BCUT2D eigenvalue weighted by molar-refractivity contribution is 0.0895. The van der Waals surface area contributed by atoms with E-state index in [1.165, 1.54) is 17.7 Å². The zero-order valence-electron chi connectivity index (χ0n) is 23.6. The second-order valence-electron chi connectivity index (χ2n) is 7.48. The molecule has 0 aromatic heterocycles. The average Bonchev–Trinajstić information content (AvgIpc) is 3.09. The number of likely N-dealkylation sites (tertiary alicyclic amines) is 1. The van der Waals surface area contributed by atoms with E-state index in [1.807, 2.05) is 18.2 Å². The summed E-state index contributed by atoms with van der Waals surface area (Å²) in [4.78, 5) is 15.6. The maximum atomic E-state index is 13.3. The summed E-state index contributed by atoms with van der Waals surface area (Å²) in [6, 6.07) is 12.5. The van der Waals surface area contributed by atoms with Crippen LogP contribution >= 0.6 is 0 Å². The highest BCUT2D eigenvalue weighted by Gasteiger charge is 2.34. The number of methoxy groups -OCH3 is 2. The maximum absolute atomic E-state index is 13.3. The summed E-state index contributed by atoms with van der Waals surface area (Å²) >= 11 is 0. The normalized spacial score (nSPS) is 25.9. The van der Waals surface area contributed by atoms with Gasteiger partial charge in [-0.15, -0.1) is 0 Å². The summed E-state index contributed by atoms with van der Waals surface area (Å²) in [5.74, 6) is -2.40. The standard InChI is InChI=1S/C24H29NO3/c1-27-22-14-19-13-20(24(26)21(19)15-23(22)28-2)12-17-8-10-25(11-9-17)16-18-6-4-3-5-7-18/h3-7,14-15,17,20H,8-13,16H2,1-2H3/i1D3,2D3,12D2. The van der Waals surface area contributed by atoms with Crippen molar-refractivity contribution in [2.24, 2.45) is 11.8 Å². The Morgan fingerprint density at radius 2 is 1.82 bits per heavy atom. The number of benzene rings is 2. The highest BCUT2D eigenvalue weighted by atomic mass is 16.5. The minimum atomic E-state index is -2.88. The van der Waals surface area contributed by atoms with E-state index >= 15 is 0 Å². The van der Waals surface area contributed by atoms with Gasteiger partial charge in [0.1, 0.15) is 0 Å². The zero-order valence-corrected chi connectivity index (χ0v) is 15.6. The molecule has 1 aliphatic carbocycles. The Hall–Kier alpha value is -2.33. The van der Waals surface area contributed by atoms with Gasteiger partial charge in [0.25, 0.3) is 0 Å². The van der Waals surface area contributed by atoms with Crippen molar-refractivity contribution < 1.29 is 25.2 Å². The van der Waals surface area contributed by atoms with Crippen molar-refractivity contribution in [1.29, 1.82) is 0 Å². The van der Waals surface area contributed by atoms with Gasteiger partial charge >= 0.3 is 0 Å². The number of ether oxygens (including phenoxy) is 2. The van der Waals surface area contributed by atoms with Crippen LogP contribution in [0.1, 0.15) is 51.7 Å². The highest BCUT2D eigenvalue weighted by Crippen LogP contribution is 2.39. The summed E-state index contributed by atoms with van der Waals surface area (Å²) in [5.41, 5.74) is 1.76. The quantitative estimate of drug-likeness (QED) is 0.738. The molecule has 0 radical (unpaired) electrons. The van der Waals surface area contributed by atoms with Gasteiger partial charge in [0.2, 0.25) is 0 Å². The number of carbonyl (C=O) groups excluding carboxylic acids is 1. The number of rotatable bonds is 6. The summed E-state index contributed by atoms with van der Waals surface area (Å²) < 4.78 is 71.9. The van der Waals surface area contributed by atoms with Crippen LogP contribution in [0.2, 0.25) is 0 Å². The molecule has 2 aromatic carbocycles.